The zero-order chi connectivity index (χ0) is 8.41. The van der Waals surface area contributed by atoms with Crippen molar-refractivity contribution in [2.75, 3.05) is 0 Å². The van der Waals surface area contributed by atoms with Crippen molar-refractivity contribution >= 4 is 53.3 Å². The quantitative estimate of drug-likeness (QED) is 0.499. The van der Waals surface area contributed by atoms with Crippen LogP contribution in [0.5, 0.6) is 0 Å². The fourth-order valence-electron chi connectivity index (χ4n) is 0.374. The summed E-state index contributed by atoms with van der Waals surface area (Å²) >= 11 is 0.388. The minimum atomic E-state index is -0.500. The van der Waals surface area contributed by atoms with E-state index in [1.54, 1.807) is 0 Å². The summed E-state index contributed by atoms with van der Waals surface area (Å²) in [4.78, 5) is 18.5. The van der Waals surface area contributed by atoms with Gasteiger partial charge in [-0.15, -0.1) is 0 Å². The van der Waals surface area contributed by atoms with Crippen molar-refractivity contribution in [3.8, 4) is 0 Å². The van der Waals surface area contributed by atoms with E-state index >= 15 is 0 Å². The van der Waals surface area contributed by atoms with Gasteiger partial charge >= 0.3 is 77.8 Å². The molecular formula is C6H10BaO3. The van der Waals surface area contributed by atoms with Crippen LogP contribution in [-0.2, 0) is 9.59 Å². The number of carboxylic acid groups (broad SMARTS) is 1. The molecule has 0 bridgehead atoms. The van der Waals surface area contributed by atoms with E-state index in [0.717, 1.165) is 19.3 Å². The van der Waals surface area contributed by atoms with Gasteiger partial charge in [0.15, 0.2) is 0 Å². The molecule has 4 heteroatoms. The second-order valence-electron chi connectivity index (χ2n) is 1.74. The molecule has 0 rings (SSSR count). The Balaban J connectivity index is 0. The van der Waals surface area contributed by atoms with Crippen molar-refractivity contribution in [3.63, 3.8) is 0 Å². The fourth-order valence-corrected chi connectivity index (χ4v) is 1.16. The van der Waals surface area contributed by atoms with Gasteiger partial charge in [-0.1, -0.05) is 0 Å². The fraction of sp³-hybridized carbons (Fsp3) is 0.667. The summed E-state index contributed by atoms with van der Waals surface area (Å²) in [6.45, 7) is 1.61. The predicted molar refractivity (Wildman–Crippen MR) is 36.4 cm³/mol. The van der Waals surface area contributed by atoms with Gasteiger partial charge in [0, 0.05) is 6.47 Å². The van der Waals surface area contributed by atoms with Crippen LogP contribution in [0.1, 0.15) is 26.2 Å². The maximum Gasteiger partial charge on any atom is 0.0275 e. The first-order valence-corrected chi connectivity index (χ1v) is 5.31. The monoisotopic (exact) mass is 268 g/mol. The van der Waals surface area contributed by atoms with E-state index in [2.05, 4.69) is 6.92 Å². The number of hydrogen-bond donors (Lipinski definition) is 0. The molecule has 0 fully saturated rings. The third-order valence-corrected chi connectivity index (χ3v) is 1.92. The molecule has 0 aliphatic heterocycles. The first-order chi connectivity index (χ1) is 4.68. The number of carbonyl (C=O) groups is 2. The molecule has 0 aromatic carbocycles. The molecule has 0 spiro atoms. The summed E-state index contributed by atoms with van der Waals surface area (Å²) in [5.74, 6) is 0. The van der Waals surface area contributed by atoms with Crippen molar-refractivity contribution in [1.29, 1.82) is 0 Å². The van der Waals surface area contributed by atoms with Gasteiger partial charge in [0.25, 0.3) is 0 Å². The standard InChI is InChI=1S/C5H9O.CH2O2.Ba/c1-2-3-4-5-6;2-1-3;/h2-4H2,1H3;1H,(H,2,3);/q;;+1/p-1. The molecule has 0 saturated heterocycles. The Hall–Kier alpha value is 0.711. The molecule has 0 unspecified atom stereocenters. The van der Waals surface area contributed by atoms with E-state index in [1.807, 2.05) is 0 Å². The molecule has 0 atom stereocenters. The third kappa shape index (κ3) is 23.3. The average molecular weight is 267 g/mol. The molecule has 0 aromatic rings. The van der Waals surface area contributed by atoms with Crippen LogP contribution in [0.4, 0.5) is 0 Å². The van der Waals surface area contributed by atoms with E-state index in [0.29, 0.717) is 46.8 Å². The smallest absolute Gasteiger partial charge is 0.0275 e. The summed E-state index contributed by atoms with van der Waals surface area (Å²) < 4.78 is 0.502. The molecule has 54 valence electrons. The van der Waals surface area contributed by atoms with Gasteiger partial charge in [-0.05, 0) is 0 Å². The second kappa shape index (κ2) is 12.4. The van der Waals surface area contributed by atoms with Crippen LogP contribution in [0.25, 0.3) is 0 Å². The molecule has 0 aliphatic carbocycles. The first kappa shape index (κ1) is 13.3. The Kier molecular flexibility index (Phi) is 16.5. The summed E-state index contributed by atoms with van der Waals surface area (Å²) in [6.07, 6.45) is 3.10. The number of rotatable bonds is 3. The SMILES string of the molecule is CCCC[C](=O)[Ba+].O=C[O-]. The zero-order valence-corrected chi connectivity index (χ0v) is 10.6. The Morgan fingerprint density at radius 3 is 2.20 bits per heavy atom. The van der Waals surface area contributed by atoms with Gasteiger partial charge in [0.2, 0.25) is 0 Å². The zero-order valence-electron chi connectivity index (χ0n) is 6.13. The van der Waals surface area contributed by atoms with Crippen molar-refractivity contribution < 1.29 is 14.7 Å². The third-order valence-electron chi connectivity index (χ3n) is 0.809. The van der Waals surface area contributed by atoms with Crippen LogP contribution in [0.3, 0.4) is 0 Å². The van der Waals surface area contributed by atoms with E-state index in [1.165, 1.54) is 0 Å². The molecular weight excluding hydrogens is 257 g/mol. The van der Waals surface area contributed by atoms with Crippen molar-refractivity contribution in [3.05, 3.63) is 0 Å². The number of carbonyl (C=O) groups excluding carboxylic acids is 2. The minimum absolute atomic E-state index is 0.388. The molecule has 0 aliphatic rings. The topological polar surface area (TPSA) is 57.2 Å². The molecule has 0 saturated carbocycles. The van der Waals surface area contributed by atoms with Gasteiger partial charge in [-0.25, -0.2) is 0 Å². The molecule has 0 radical (unpaired) electrons. The van der Waals surface area contributed by atoms with Crippen LogP contribution in [0.15, 0.2) is 0 Å². The van der Waals surface area contributed by atoms with E-state index in [4.69, 9.17) is 9.90 Å². The van der Waals surface area contributed by atoms with E-state index < -0.39 is 6.47 Å². The van der Waals surface area contributed by atoms with E-state index in [-0.39, 0.29) is 0 Å². The second-order valence-corrected chi connectivity index (χ2v) is 4.21. The van der Waals surface area contributed by atoms with Crippen LogP contribution in [-0.4, -0.2) is 53.3 Å². The van der Waals surface area contributed by atoms with Gasteiger partial charge in [0.1, 0.15) is 0 Å². The van der Waals surface area contributed by atoms with Crippen LogP contribution >= 0.6 is 0 Å². The van der Waals surface area contributed by atoms with Crippen LogP contribution in [0.2, 0.25) is 0 Å². The van der Waals surface area contributed by atoms with Crippen molar-refractivity contribution in [2.24, 2.45) is 0 Å². The van der Waals surface area contributed by atoms with Crippen LogP contribution < -0.4 is 5.11 Å². The maximum atomic E-state index is 10.3. The molecule has 0 N–H and O–H groups in total. The number of unbranched alkanes of at least 4 members (excludes halogenated alkanes) is 1. The molecule has 10 heavy (non-hydrogen) atoms. The Morgan fingerprint density at radius 1 is 1.70 bits per heavy atom. The summed E-state index contributed by atoms with van der Waals surface area (Å²) in [5.41, 5.74) is 0. The van der Waals surface area contributed by atoms with Gasteiger partial charge in [0.05, 0.1) is 0 Å². The van der Waals surface area contributed by atoms with Crippen molar-refractivity contribution in [1.82, 2.24) is 0 Å². The maximum absolute atomic E-state index is 10.3. The van der Waals surface area contributed by atoms with Crippen molar-refractivity contribution in [2.45, 2.75) is 26.2 Å². The Labute approximate surface area is 92.9 Å². The largest absolute Gasteiger partial charge is 0.554 e. The minimum Gasteiger partial charge on any atom is -0.554 e. The van der Waals surface area contributed by atoms with Gasteiger partial charge in [-0.3, -0.25) is 0 Å². The van der Waals surface area contributed by atoms with E-state index in [9.17, 15) is 4.79 Å². The molecule has 0 heterocycles. The Morgan fingerprint density at radius 2 is 2.10 bits per heavy atom. The normalized spacial score (nSPS) is 7.50. The summed E-state index contributed by atoms with van der Waals surface area (Å²) in [6, 6.07) is 0. The summed E-state index contributed by atoms with van der Waals surface area (Å²) in [7, 11) is 0. The summed E-state index contributed by atoms with van der Waals surface area (Å²) in [5, 5.41) is 8.25. The number of hydrogen-bond acceptors (Lipinski definition) is 3. The molecule has 0 aromatic heterocycles. The Bertz CT molecular complexity index is 93.0. The van der Waals surface area contributed by atoms with Gasteiger partial charge < -0.3 is 9.90 Å². The van der Waals surface area contributed by atoms with Crippen LogP contribution in [0, 0.1) is 0 Å². The molecule has 3 nitrogen and oxygen atoms in total. The average Bonchev–Trinajstić information content (AvgIpc) is 1.85. The first-order valence-electron chi connectivity index (χ1n) is 3.09. The predicted octanol–water partition coefficient (Wildman–Crippen LogP) is -0.762. The van der Waals surface area contributed by atoms with Gasteiger partial charge in [-0.2, -0.15) is 0 Å². The molecule has 0 amide bonds.